The Hall–Kier alpha value is -2.30. The minimum Gasteiger partial charge on any atom is -0.397 e. The Bertz CT molecular complexity index is 751. The third-order valence-electron chi connectivity index (χ3n) is 3.67. The van der Waals surface area contributed by atoms with Crippen molar-refractivity contribution >= 4 is 16.7 Å². The molecular weight excluding hydrogens is 238 g/mol. The van der Waals surface area contributed by atoms with Crippen molar-refractivity contribution in [2.24, 2.45) is 7.05 Å². The van der Waals surface area contributed by atoms with Crippen molar-refractivity contribution in [2.45, 2.75) is 20.4 Å². The summed E-state index contributed by atoms with van der Waals surface area (Å²) in [6.07, 6.45) is 1.84. The molecule has 0 radical (unpaired) electrons. The number of anilines is 1. The van der Waals surface area contributed by atoms with Crippen LogP contribution in [0.15, 0.2) is 24.5 Å². The number of nitrogens with two attached hydrogens (primary N) is 1. The van der Waals surface area contributed by atoms with Crippen LogP contribution in [0.4, 0.5) is 5.69 Å². The van der Waals surface area contributed by atoms with E-state index in [-0.39, 0.29) is 0 Å². The van der Waals surface area contributed by atoms with Gasteiger partial charge in [-0.05, 0) is 26.0 Å². The van der Waals surface area contributed by atoms with E-state index < -0.39 is 0 Å². The number of imidazole rings is 1. The monoisotopic (exact) mass is 255 g/mol. The van der Waals surface area contributed by atoms with Crippen molar-refractivity contribution in [2.75, 3.05) is 5.73 Å². The summed E-state index contributed by atoms with van der Waals surface area (Å²) < 4.78 is 4.03. The largest absolute Gasteiger partial charge is 0.397 e. The second-order valence-electron chi connectivity index (χ2n) is 4.86. The highest BCUT2D eigenvalue weighted by molar-refractivity contribution is 5.87. The molecule has 3 rings (SSSR count). The number of hydrogen-bond acceptors (Lipinski definition) is 3. The summed E-state index contributed by atoms with van der Waals surface area (Å²) in [7, 11) is 1.97. The Kier molecular flexibility index (Phi) is 2.55. The topological polar surface area (TPSA) is 61.7 Å². The Balaban J connectivity index is 2.09. The molecule has 0 spiro atoms. The lowest BCUT2D eigenvalue weighted by molar-refractivity contribution is 0.728. The zero-order valence-corrected chi connectivity index (χ0v) is 11.4. The summed E-state index contributed by atoms with van der Waals surface area (Å²) in [6.45, 7) is 4.89. The molecule has 3 aromatic rings. The number of rotatable bonds is 2. The fraction of sp³-hybridized carbons (Fsp3) is 0.286. The van der Waals surface area contributed by atoms with Gasteiger partial charge in [-0.15, -0.1) is 0 Å². The van der Waals surface area contributed by atoms with Crippen LogP contribution in [-0.2, 0) is 13.6 Å². The maximum atomic E-state index is 5.93. The van der Waals surface area contributed by atoms with Crippen LogP contribution in [0, 0.1) is 13.8 Å². The van der Waals surface area contributed by atoms with Crippen molar-refractivity contribution < 1.29 is 0 Å². The number of aryl methyl sites for hydroxylation is 2. The zero-order valence-electron chi connectivity index (χ0n) is 11.4. The zero-order chi connectivity index (χ0) is 13.6. The van der Waals surface area contributed by atoms with Crippen LogP contribution in [-0.4, -0.2) is 19.3 Å². The highest BCUT2D eigenvalue weighted by Crippen LogP contribution is 2.21. The van der Waals surface area contributed by atoms with E-state index in [1.807, 2.05) is 43.2 Å². The average Bonchev–Trinajstić information content (AvgIpc) is 2.88. The van der Waals surface area contributed by atoms with Crippen LogP contribution in [0.1, 0.15) is 17.0 Å². The van der Waals surface area contributed by atoms with Gasteiger partial charge in [0.1, 0.15) is 5.52 Å². The number of fused-ring (bicyclic) bond motifs is 1. The first-order valence-corrected chi connectivity index (χ1v) is 6.26. The molecule has 0 bridgehead atoms. The van der Waals surface area contributed by atoms with Crippen molar-refractivity contribution in [3.05, 3.63) is 41.5 Å². The fourth-order valence-corrected chi connectivity index (χ4v) is 2.45. The summed E-state index contributed by atoms with van der Waals surface area (Å²) in [4.78, 5) is 4.39. The molecule has 0 aliphatic carbocycles. The quantitative estimate of drug-likeness (QED) is 0.713. The molecule has 0 atom stereocenters. The lowest BCUT2D eigenvalue weighted by Crippen LogP contribution is -2.01. The van der Waals surface area contributed by atoms with Gasteiger partial charge in [0, 0.05) is 18.3 Å². The predicted molar refractivity (Wildman–Crippen MR) is 75.9 cm³/mol. The highest BCUT2D eigenvalue weighted by atomic mass is 15.3. The minimum absolute atomic E-state index is 0.718. The first-order valence-electron chi connectivity index (χ1n) is 6.26. The smallest absolute Gasteiger partial charge is 0.111 e. The van der Waals surface area contributed by atoms with Crippen molar-refractivity contribution in [1.82, 2.24) is 19.3 Å². The van der Waals surface area contributed by atoms with Gasteiger partial charge in [0.15, 0.2) is 0 Å². The molecule has 2 aromatic heterocycles. The molecule has 5 nitrogen and oxygen atoms in total. The van der Waals surface area contributed by atoms with E-state index >= 15 is 0 Å². The standard InChI is InChI=1S/C14H17N5/c1-9-11(10(2)18(3)17-9)7-19-8-16-14-12(15)5-4-6-13(14)19/h4-6,8H,7,15H2,1-3H3. The Morgan fingerprint density at radius 3 is 2.74 bits per heavy atom. The lowest BCUT2D eigenvalue weighted by Gasteiger charge is -2.05. The lowest BCUT2D eigenvalue weighted by atomic mass is 10.2. The molecular formula is C14H17N5. The van der Waals surface area contributed by atoms with Crippen molar-refractivity contribution in [3.63, 3.8) is 0 Å². The van der Waals surface area contributed by atoms with Crippen molar-refractivity contribution in [3.8, 4) is 0 Å². The summed E-state index contributed by atoms with van der Waals surface area (Å²) in [6, 6.07) is 5.87. The number of nitrogens with zero attached hydrogens (tertiary/aromatic N) is 4. The molecule has 0 fully saturated rings. The molecule has 98 valence electrons. The third kappa shape index (κ3) is 1.78. The van der Waals surface area contributed by atoms with Gasteiger partial charge in [-0.3, -0.25) is 4.68 Å². The maximum Gasteiger partial charge on any atom is 0.111 e. The summed E-state index contributed by atoms with van der Waals surface area (Å²) in [5, 5.41) is 4.45. The molecule has 0 saturated heterocycles. The first-order chi connectivity index (χ1) is 9.08. The number of hydrogen-bond donors (Lipinski definition) is 1. The number of nitrogen functional groups attached to an aromatic ring is 1. The number of aromatic nitrogens is 4. The summed E-state index contributed by atoms with van der Waals surface area (Å²) in [5.74, 6) is 0. The average molecular weight is 255 g/mol. The number of para-hydroxylation sites is 1. The molecule has 0 aliphatic heterocycles. The van der Waals surface area contributed by atoms with Crippen molar-refractivity contribution in [1.29, 1.82) is 0 Å². The summed E-state index contributed by atoms with van der Waals surface area (Å²) in [5.41, 5.74) is 12.1. The second-order valence-corrected chi connectivity index (χ2v) is 4.86. The highest BCUT2D eigenvalue weighted by Gasteiger charge is 2.12. The van der Waals surface area contributed by atoms with E-state index in [2.05, 4.69) is 21.6 Å². The maximum absolute atomic E-state index is 5.93. The van der Waals surface area contributed by atoms with Crippen LogP contribution >= 0.6 is 0 Å². The van der Waals surface area contributed by atoms with Gasteiger partial charge in [-0.25, -0.2) is 4.98 Å². The van der Waals surface area contributed by atoms with Crippen LogP contribution in [0.2, 0.25) is 0 Å². The molecule has 0 unspecified atom stereocenters. The molecule has 2 heterocycles. The van der Waals surface area contributed by atoms with E-state index in [1.54, 1.807) is 0 Å². The molecule has 0 amide bonds. The van der Waals surface area contributed by atoms with Crippen LogP contribution in [0.3, 0.4) is 0 Å². The molecule has 2 N–H and O–H groups in total. The second kappa shape index (κ2) is 4.12. The van der Waals surface area contributed by atoms with Gasteiger partial charge in [0.2, 0.25) is 0 Å². The SMILES string of the molecule is Cc1nn(C)c(C)c1Cn1cnc2c(N)cccc21. The molecule has 1 aromatic carbocycles. The molecule has 0 aliphatic rings. The minimum atomic E-state index is 0.718. The van der Waals surface area contributed by atoms with Crippen LogP contribution < -0.4 is 5.73 Å². The van der Waals surface area contributed by atoms with Gasteiger partial charge in [0.05, 0.1) is 29.8 Å². The Labute approximate surface area is 111 Å². The van der Waals surface area contributed by atoms with E-state index in [0.717, 1.165) is 29.0 Å². The van der Waals surface area contributed by atoms with E-state index in [9.17, 15) is 0 Å². The van der Waals surface area contributed by atoms with Gasteiger partial charge < -0.3 is 10.3 Å². The molecule has 19 heavy (non-hydrogen) atoms. The van der Waals surface area contributed by atoms with Crippen LogP contribution in [0.25, 0.3) is 11.0 Å². The van der Waals surface area contributed by atoms with Crippen LogP contribution in [0.5, 0.6) is 0 Å². The van der Waals surface area contributed by atoms with Gasteiger partial charge in [-0.2, -0.15) is 5.10 Å². The predicted octanol–water partition coefficient (Wildman–Crippen LogP) is 2.02. The van der Waals surface area contributed by atoms with E-state index in [0.29, 0.717) is 0 Å². The first kappa shape index (κ1) is 11.8. The molecule has 0 saturated carbocycles. The fourth-order valence-electron chi connectivity index (χ4n) is 2.45. The van der Waals surface area contributed by atoms with E-state index in [4.69, 9.17) is 5.73 Å². The van der Waals surface area contributed by atoms with Gasteiger partial charge >= 0.3 is 0 Å². The molecule has 5 heteroatoms. The third-order valence-corrected chi connectivity index (χ3v) is 3.67. The van der Waals surface area contributed by atoms with E-state index in [1.165, 1.54) is 11.3 Å². The van der Waals surface area contributed by atoms with Gasteiger partial charge in [-0.1, -0.05) is 6.07 Å². The van der Waals surface area contributed by atoms with Gasteiger partial charge in [0.25, 0.3) is 0 Å². The normalized spacial score (nSPS) is 11.3. The number of benzene rings is 1. The Morgan fingerprint density at radius 1 is 1.26 bits per heavy atom. The summed E-state index contributed by atoms with van der Waals surface area (Å²) >= 11 is 0. The Morgan fingerprint density at radius 2 is 2.05 bits per heavy atom.